The van der Waals surface area contributed by atoms with Gasteiger partial charge in [0.15, 0.2) is 0 Å². The summed E-state index contributed by atoms with van der Waals surface area (Å²) < 4.78 is 34.5. The van der Waals surface area contributed by atoms with Crippen LogP contribution in [0, 0.1) is 0 Å². The maximum atomic E-state index is 12.6. The lowest BCUT2D eigenvalue weighted by atomic mass is 10.1. The van der Waals surface area contributed by atoms with Gasteiger partial charge in [0, 0.05) is 13.0 Å². The lowest BCUT2D eigenvalue weighted by Crippen LogP contribution is -2.37. The molecule has 0 heterocycles. The second kappa shape index (κ2) is 40.0. The highest BCUT2D eigenvalue weighted by Crippen LogP contribution is 2.38. The number of phosphoric acid groups is 1. The molecular formula is C48H80NO7P. The quantitative estimate of drug-likeness (QED) is 0.0201. The van der Waals surface area contributed by atoms with E-state index in [1.807, 2.05) is 21.1 Å². The molecule has 9 heteroatoms. The fourth-order valence-corrected chi connectivity index (χ4v) is 5.76. The summed E-state index contributed by atoms with van der Waals surface area (Å²) in [5.41, 5.74) is 0. The molecule has 0 saturated heterocycles. The van der Waals surface area contributed by atoms with Gasteiger partial charge in [-0.3, -0.25) is 9.36 Å². The summed E-state index contributed by atoms with van der Waals surface area (Å²) in [6.07, 6.45) is 55.4. The standard InChI is InChI=1S/C48H80NO7P/c1-6-8-10-12-14-16-18-20-21-22-23-24-25-26-27-28-30-32-34-36-38-40-43-53-45-47(46-55-57(51,52)54-44-42-49(3,4)5)56-48(50)41-39-37-35-33-31-29-19-17-15-13-11-9-7-2/h8-11,14-17,20-21,23-24,26-27,29-32,47H,6-7,12-13,18-19,22,25,28,33-46H2,1-5H3/b10-8-,11-9-,16-14-,17-15-,21-20-,24-23-,27-26-,31-29-,32-30-. The van der Waals surface area contributed by atoms with E-state index in [0.717, 1.165) is 103 Å². The van der Waals surface area contributed by atoms with Crippen LogP contribution in [0.25, 0.3) is 0 Å². The van der Waals surface area contributed by atoms with E-state index >= 15 is 0 Å². The first-order valence-electron chi connectivity index (χ1n) is 21.6. The van der Waals surface area contributed by atoms with Gasteiger partial charge in [0.1, 0.15) is 19.3 Å². The van der Waals surface area contributed by atoms with E-state index in [0.29, 0.717) is 24.1 Å². The SMILES string of the molecule is CC/C=C\C/C=C\C/C=C\C/C=C\C/C=C\C/C=C\CCCCCOCC(COP(=O)([O-])OCC[N+](C)(C)C)OC(=O)CCCCC/C=C\C/C=C\C/C=C\CC. The van der Waals surface area contributed by atoms with Crippen LogP contribution in [0.15, 0.2) is 109 Å². The van der Waals surface area contributed by atoms with Crippen molar-refractivity contribution in [2.45, 2.75) is 136 Å². The Morgan fingerprint density at radius 2 is 0.965 bits per heavy atom. The minimum absolute atomic E-state index is 0.00629. The number of quaternary nitrogens is 1. The minimum atomic E-state index is -4.55. The van der Waals surface area contributed by atoms with E-state index in [4.69, 9.17) is 18.5 Å². The van der Waals surface area contributed by atoms with Crippen molar-refractivity contribution in [3.05, 3.63) is 109 Å². The highest BCUT2D eigenvalue weighted by molar-refractivity contribution is 7.45. The van der Waals surface area contributed by atoms with Crippen molar-refractivity contribution in [3.8, 4) is 0 Å². The van der Waals surface area contributed by atoms with Gasteiger partial charge in [-0.05, 0) is 96.3 Å². The molecule has 0 rings (SSSR count). The Balaban J connectivity index is 4.36. The van der Waals surface area contributed by atoms with E-state index in [1.54, 1.807) is 0 Å². The van der Waals surface area contributed by atoms with E-state index in [1.165, 1.54) is 0 Å². The first-order valence-corrected chi connectivity index (χ1v) is 23.1. The van der Waals surface area contributed by atoms with Crippen molar-refractivity contribution >= 4 is 13.8 Å². The summed E-state index contributed by atoms with van der Waals surface area (Å²) >= 11 is 0. The average Bonchev–Trinajstić information content (AvgIpc) is 3.16. The lowest BCUT2D eigenvalue weighted by Gasteiger charge is -2.28. The van der Waals surface area contributed by atoms with Crippen molar-refractivity contribution in [1.29, 1.82) is 0 Å². The summed E-state index contributed by atoms with van der Waals surface area (Å²) in [7, 11) is 1.29. The molecule has 0 aliphatic heterocycles. The molecule has 2 unspecified atom stereocenters. The molecule has 0 aliphatic rings. The molecule has 0 radical (unpaired) electrons. The minimum Gasteiger partial charge on any atom is -0.756 e. The number of allylic oxidation sites excluding steroid dienone is 18. The van der Waals surface area contributed by atoms with Crippen LogP contribution in [0.5, 0.6) is 0 Å². The molecule has 0 aromatic heterocycles. The van der Waals surface area contributed by atoms with Crippen LogP contribution in [-0.4, -0.2) is 70.7 Å². The summed E-state index contributed by atoms with van der Waals surface area (Å²) in [5, 5.41) is 0. The van der Waals surface area contributed by atoms with E-state index in [-0.39, 0.29) is 32.2 Å². The molecule has 0 N–H and O–H groups in total. The van der Waals surface area contributed by atoms with Crippen LogP contribution in [0.2, 0.25) is 0 Å². The Hall–Kier alpha value is -2.84. The van der Waals surface area contributed by atoms with E-state index in [2.05, 4.69) is 123 Å². The van der Waals surface area contributed by atoms with Gasteiger partial charge in [0.2, 0.25) is 0 Å². The van der Waals surface area contributed by atoms with Crippen molar-refractivity contribution in [3.63, 3.8) is 0 Å². The third kappa shape index (κ3) is 44.1. The first kappa shape index (κ1) is 54.2. The fourth-order valence-electron chi connectivity index (χ4n) is 5.03. The van der Waals surface area contributed by atoms with Crippen LogP contribution < -0.4 is 4.89 Å². The number of carbonyl (C=O) groups excluding carboxylic acids is 1. The average molecular weight is 814 g/mol. The summed E-state index contributed by atoms with van der Waals surface area (Å²) in [6, 6.07) is 0. The number of likely N-dealkylation sites (N-methyl/N-ethyl adjacent to an activating group) is 1. The third-order valence-corrected chi connectivity index (χ3v) is 9.28. The number of carbonyl (C=O) groups is 1. The molecule has 0 aromatic carbocycles. The van der Waals surface area contributed by atoms with Crippen LogP contribution in [0.4, 0.5) is 0 Å². The van der Waals surface area contributed by atoms with Gasteiger partial charge in [-0.2, -0.15) is 0 Å². The summed E-state index contributed by atoms with van der Waals surface area (Å²) in [4.78, 5) is 25.0. The number of rotatable bonds is 38. The van der Waals surface area contributed by atoms with E-state index in [9.17, 15) is 14.3 Å². The van der Waals surface area contributed by atoms with Crippen molar-refractivity contribution in [1.82, 2.24) is 0 Å². The lowest BCUT2D eigenvalue weighted by molar-refractivity contribution is -0.870. The molecule has 57 heavy (non-hydrogen) atoms. The highest BCUT2D eigenvalue weighted by atomic mass is 31.2. The topological polar surface area (TPSA) is 94.1 Å². The van der Waals surface area contributed by atoms with E-state index < -0.39 is 13.9 Å². The van der Waals surface area contributed by atoms with Gasteiger partial charge in [-0.15, -0.1) is 0 Å². The predicted molar refractivity (Wildman–Crippen MR) is 240 cm³/mol. The maximum absolute atomic E-state index is 12.6. The van der Waals surface area contributed by atoms with Crippen LogP contribution in [0.1, 0.15) is 129 Å². The number of phosphoric ester groups is 1. The largest absolute Gasteiger partial charge is 0.756 e. The van der Waals surface area contributed by atoms with Gasteiger partial charge in [0.25, 0.3) is 7.82 Å². The number of ether oxygens (including phenoxy) is 2. The molecule has 0 aliphatic carbocycles. The summed E-state index contributed by atoms with van der Waals surface area (Å²) in [6.45, 7) is 5.01. The smallest absolute Gasteiger partial charge is 0.306 e. The Morgan fingerprint density at radius 1 is 0.544 bits per heavy atom. The van der Waals surface area contributed by atoms with Gasteiger partial charge in [-0.25, -0.2) is 0 Å². The molecule has 0 bridgehead atoms. The van der Waals surface area contributed by atoms with Crippen molar-refractivity contribution in [2.75, 3.05) is 54.1 Å². The fraction of sp³-hybridized carbons (Fsp3) is 0.604. The molecule has 8 nitrogen and oxygen atoms in total. The number of unbranched alkanes of at least 4 members (excludes halogenated alkanes) is 6. The first-order chi connectivity index (χ1) is 27.6. The van der Waals surface area contributed by atoms with Crippen molar-refractivity contribution in [2.24, 2.45) is 0 Å². The second-order valence-corrected chi connectivity index (χ2v) is 16.3. The van der Waals surface area contributed by atoms with Crippen molar-refractivity contribution < 1.29 is 37.3 Å². The number of hydrogen-bond donors (Lipinski definition) is 0. The monoisotopic (exact) mass is 814 g/mol. The molecule has 2 atom stereocenters. The predicted octanol–water partition coefficient (Wildman–Crippen LogP) is 12.2. The molecule has 0 saturated carbocycles. The number of nitrogens with zero attached hydrogens (tertiary/aromatic N) is 1. The normalized spacial score (nSPS) is 14.8. The molecule has 324 valence electrons. The maximum Gasteiger partial charge on any atom is 0.306 e. The van der Waals surface area contributed by atoms with Crippen LogP contribution >= 0.6 is 7.82 Å². The molecule has 0 amide bonds. The van der Waals surface area contributed by atoms with Crippen LogP contribution in [0.3, 0.4) is 0 Å². The van der Waals surface area contributed by atoms with Gasteiger partial charge >= 0.3 is 5.97 Å². The zero-order chi connectivity index (χ0) is 42.0. The molecular weight excluding hydrogens is 734 g/mol. The number of hydrogen-bond acceptors (Lipinski definition) is 7. The second-order valence-electron chi connectivity index (χ2n) is 14.9. The molecule has 0 fully saturated rings. The Bertz CT molecular complexity index is 1270. The van der Waals surface area contributed by atoms with Gasteiger partial charge in [-0.1, -0.05) is 136 Å². The molecule has 0 spiro atoms. The number of esters is 1. The highest BCUT2D eigenvalue weighted by Gasteiger charge is 2.20. The third-order valence-electron chi connectivity index (χ3n) is 8.32. The van der Waals surface area contributed by atoms with Gasteiger partial charge in [0.05, 0.1) is 34.4 Å². The van der Waals surface area contributed by atoms with Gasteiger partial charge < -0.3 is 27.9 Å². The Labute approximate surface area is 349 Å². The zero-order valence-corrected chi connectivity index (χ0v) is 37.4. The Kier molecular flexibility index (Phi) is 38.0. The Morgan fingerprint density at radius 3 is 1.40 bits per heavy atom. The zero-order valence-electron chi connectivity index (χ0n) is 36.5. The summed E-state index contributed by atoms with van der Waals surface area (Å²) in [5.74, 6) is -0.381. The van der Waals surface area contributed by atoms with Crippen LogP contribution in [-0.2, 0) is 27.9 Å². The molecule has 0 aromatic rings.